The lowest BCUT2D eigenvalue weighted by molar-refractivity contribution is -0.122. The molecule has 0 unspecified atom stereocenters. The number of carbonyl (C=O) groups is 3. The number of hydrogen-bond donors (Lipinski definition) is 3. The van der Waals surface area contributed by atoms with Crippen LogP contribution in [0.1, 0.15) is 49.7 Å². The third kappa shape index (κ3) is 6.87. The maximum absolute atomic E-state index is 14.1. The van der Waals surface area contributed by atoms with E-state index in [9.17, 15) is 18.8 Å². The average molecular weight is 543 g/mol. The lowest BCUT2D eigenvalue weighted by Gasteiger charge is -2.26. The molecule has 4 rings (SSSR count). The van der Waals surface area contributed by atoms with Gasteiger partial charge in [-0.2, -0.15) is 5.10 Å². The number of halogens is 2. The Bertz CT molecular complexity index is 1350. The maximum Gasteiger partial charge on any atom is 0.319 e. The van der Waals surface area contributed by atoms with Crippen LogP contribution in [0.2, 0.25) is 5.02 Å². The summed E-state index contributed by atoms with van der Waals surface area (Å²) in [6.45, 7) is 6.51. The number of benzene rings is 2. The molecule has 0 radical (unpaired) electrons. The van der Waals surface area contributed by atoms with Crippen molar-refractivity contribution in [3.05, 3.63) is 58.5 Å². The van der Waals surface area contributed by atoms with E-state index in [2.05, 4.69) is 21.0 Å². The molecule has 2 aromatic carbocycles. The summed E-state index contributed by atoms with van der Waals surface area (Å²) in [5, 5.41) is 13.6. The van der Waals surface area contributed by atoms with Gasteiger partial charge in [-0.05, 0) is 51.0 Å². The lowest BCUT2D eigenvalue weighted by atomic mass is 10.1. The quantitative estimate of drug-likeness (QED) is 0.312. The smallest absolute Gasteiger partial charge is 0.319 e. The molecule has 202 valence electrons. The first-order valence-electron chi connectivity index (χ1n) is 12.6. The van der Waals surface area contributed by atoms with E-state index in [4.69, 9.17) is 11.6 Å². The van der Waals surface area contributed by atoms with E-state index in [1.807, 2.05) is 24.8 Å². The number of carbonyl (C=O) groups excluding carboxylic acids is 3. The van der Waals surface area contributed by atoms with E-state index in [0.717, 1.165) is 18.4 Å². The average Bonchev–Trinajstić information content (AvgIpc) is 3.60. The van der Waals surface area contributed by atoms with Crippen molar-refractivity contribution in [1.82, 2.24) is 25.3 Å². The van der Waals surface area contributed by atoms with Crippen LogP contribution >= 0.6 is 11.6 Å². The SMILES string of the molecule is CC(=O)c1nn(CCN(CC(=O)NCc2cccc(Cl)c2F)C(C)C)c2ccc(NC(=O)NC3CC3)cc12. The van der Waals surface area contributed by atoms with Gasteiger partial charge < -0.3 is 16.0 Å². The number of nitrogens with zero attached hydrogens (tertiary/aromatic N) is 3. The molecule has 1 aromatic heterocycles. The van der Waals surface area contributed by atoms with Crippen LogP contribution in [0, 0.1) is 5.82 Å². The molecular formula is C27H32ClFN6O3. The number of anilines is 1. The van der Waals surface area contributed by atoms with Gasteiger partial charge in [-0.15, -0.1) is 0 Å². The summed E-state index contributed by atoms with van der Waals surface area (Å²) in [5.41, 5.74) is 1.98. The van der Waals surface area contributed by atoms with Crippen LogP contribution in [-0.4, -0.2) is 57.6 Å². The molecule has 1 aliphatic carbocycles. The summed E-state index contributed by atoms with van der Waals surface area (Å²) >= 11 is 5.82. The highest BCUT2D eigenvalue weighted by molar-refractivity contribution is 6.30. The number of nitrogens with one attached hydrogen (secondary N) is 3. The van der Waals surface area contributed by atoms with Crippen LogP contribution in [0.5, 0.6) is 0 Å². The first-order valence-corrected chi connectivity index (χ1v) is 13.0. The minimum absolute atomic E-state index is 0.0151. The molecule has 11 heteroatoms. The van der Waals surface area contributed by atoms with Crippen LogP contribution < -0.4 is 16.0 Å². The standard InChI is InChI=1S/C27H32ClFN6O3/c1-16(2)34(15-24(37)30-14-18-5-4-6-22(28)25(18)29)11-12-35-23-10-9-20(32-27(38)31-19-7-8-19)13-21(23)26(33-35)17(3)36/h4-6,9-10,13,16,19H,7-8,11-12,14-15H2,1-3H3,(H,30,37)(H2,31,32,38). The van der Waals surface area contributed by atoms with E-state index >= 15 is 0 Å². The molecule has 0 bridgehead atoms. The molecule has 3 amide bonds. The number of aromatic nitrogens is 2. The Hall–Kier alpha value is -3.50. The zero-order valence-electron chi connectivity index (χ0n) is 21.7. The van der Waals surface area contributed by atoms with Crippen LogP contribution in [0.3, 0.4) is 0 Å². The summed E-state index contributed by atoms with van der Waals surface area (Å²) in [6, 6.07) is 10.1. The second-order valence-corrected chi connectivity index (χ2v) is 10.2. The minimum atomic E-state index is -0.538. The Balaban J connectivity index is 1.41. The molecule has 1 heterocycles. The predicted molar refractivity (Wildman–Crippen MR) is 145 cm³/mol. The second kappa shape index (κ2) is 11.9. The maximum atomic E-state index is 14.1. The molecule has 1 fully saturated rings. The molecule has 0 saturated heterocycles. The number of urea groups is 1. The van der Waals surface area contributed by atoms with Crippen molar-refractivity contribution in [1.29, 1.82) is 0 Å². The molecule has 3 aromatic rings. The van der Waals surface area contributed by atoms with Gasteiger partial charge in [0.1, 0.15) is 11.5 Å². The molecule has 9 nitrogen and oxygen atoms in total. The zero-order valence-corrected chi connectivity index (χ0v) is 22.4. The van der Waals surface area contributed by atoms with Gasteiger partial charge in [-0.1, -0.05) is 23.7 Å². The molecule has 0 aliphatic heterocycles. The van der Waals surface area contributed by atoms with Crippen molar-refractivity contribution in [3.63, 3.8) is 0 Å². The highest BCUT2D eigenvalue weighted by Crippen LogP contribution is 2.24. The van der Waals surface area contributed by atoms with E-state index < -0.39 is 5.82 Å². The molecule has 0 atom stereocenters. The van der Waals surface area contributed by atoms with Gasteiger partial charge in [-0.25, -0.2) is 9.18 Å². The highest BCUT2D eigenvalue weighted by Gasteiger charge is 2.23. The number of fused-ring (bicyclic) bond motifs is 1. The first-order chi connectivity index (χ1) is 18.1. The molecule has 1 aliphatic rings. The largest absolute Gasteiger partial charge is 0.351 e. The Morgan fingerprint density at radius 1 is 1.21 bits per heavy atom. The number of amides is 3. The third-order valence-corrected chi connectivity index (χ3v) is 6.73. The van der Waals surface area contributed by atoms with E-state index in [1.54, 1.807) is 28.9 Å². The Kier molecular flexibility index (Phi) is 8.63. The molecule has 38 heavy (non-hydrogen) atoms. The van der Waals surface area contributed by atoms with Crippen LogP contribution in [0.4, 0.5) is 14.9 Å². The first kappa shape index (κ1) is 27.5. The molecular weight excluding hydrogens is 511 g/mol. The highest BCUT2D eigenvalue weighted by atomic mass is 35.5. The van der Waals surface area contributed by atoms with E-state index in [-0.39, 0.29) is 47.9 Å². The normalized spacial score (nSPS) is 13.2. The van der Waals surface area contributed by atoms with Crippen LogP contribution in [0.25, 0.3) is 10.9 Å². The lowest BCUT2D eigenvalue weighted by Crippen LogP contribution is -2.42. The Morgan fingerprint density at radius 3 is 2.66 bits per heavy atom. The predicted octanol–water partition coefficient (Wildman–Crippen LogP) is 4.34. The topological polar surface area (TPSA) is 108 Å². The van der Waals surface area contributed by atoms with Crippen LogP contribution in [-0.2, 0) is 17.9 Å². The summed E-state index contributed by atoms with van der Waals surface area (Å²) in [6.07, 6.45) is 1.98. The zero-order chi connectivity index (χ0) is 27.4. The van der Waals surface area contributed by atoms with E-state index in [0.29, 0.717) is 35.4 Å². The van der Waals surface area contributed by atoms with Crippen molar-refractivity contribution in [2.45, 2.75) is 58.8 Å². The van der Waals surface area contributed by atoms with Gasteiger partial charge in [0.05, 0.1) is 23.6 Å². The molecule has 0 spiro atoms. The van der Waals surface area contributed by atoms with Crippen molar-refractivity contribution in [3.8, 4) is 0 Å². The van der Waals surface area contributed by atoms with Gasteiger partial charge in [0, 0.05) is 48.7 Å². The number of hydrogen-bond acceptors (Lipinski definition) is 5. The summed E-state index contributed by atoms with van der Waals surface area (Å²) < 4.78 is 15.9. The Morgan fingerprint density at radius 2 is 1.97 bits per heavy atom. The van der Waals surface area contributed by atoms with Gasteiger partial charge in [0.25, 0.3) is 0 Å². The molecule has 3 N–H and O–H groups in total. The van der Waals surface area contributed by atoms with Crippen molar-refractivity contribution < 1.29 is 18.8 Å². The van der Waals surface area contributed by atoms with E-state index in [1.165, 1.54) is 13.0 Å². The van der Waals surface area contributed by atoms with Gasteiger partial charge in [-0.3, -0.25) is 19.2 Å². The number of rotatable bonds is 11. The van der Waals surface area contributed by atoms with Crippen molar-refractivity contribution in [2.24, 2.45) is 0 Å². The molecule has 1 saturated carbocycles. The fourth-order valence-corrected chi connectivity index (χ4v) is 4.32. The number of Topliss-reactive ketones (excluding diaryl/α,β-unsaturated/α-hetero) is 1. The van der Waals surface area contributed by atoms with Crippen molar-refractivity contribution in [2.75, 3.05) is 18.4 Å². The minimum Gasteiger partial charge on any atom is -0.351 e. The third-order valence-electron chi connectivity index (χ3n) is 6.44. The van der Waals surface area contributed by atoms with Gasteiger partial charge in [0.15, 0.2) is 5.78 Å². The van der Waals surface area contributed by atoms with Gasteiger partial charge in [0.2, 0.25) is 5.91 Å². The summed E-state index contributed by atoms with van der Waals surface area (Å²) in [4.78, 5) is 39.1. The fourth-order valence-electron chi connectivity index (χ4n) is 4.13. The summed E-state index contributed by atoms with van der Waals surface area (Å²) in [5.74, 6) is -0.960. The Labute approximate surface area is 225 Å². The van der Waals surface area contributed by atoms with Gasteiger partial charge >= 0.3 is 6.03 Å². The number of ketones is 1. The monoisotopic (exact) mass is 542 g/mol. The second-order valence-electron chi connectivity index (χ2n) is 9.79. The van der Waals surface area contributed by atoms with Crippen molar-refractivity contribution >= 4 is 45.9 Å². The van der Waals surface area contributed by atoms with Crippen LogP contribution in [0.15, 0.2) is 36.4 Å². The summed E-state index contributed by atoms with van der Waals surface area (Å²) in [7, 11) is 0. The fraction of sp³-hybridized carbons (Fsp3) is 0.407.